The Bertz CT molecular complexity index is 728. The molecule has 1 saturated carbocycles. The maximum absolute atomic E-state index is 12.5. The number of carbonyl (C=O) groups is 2. The molecule has 0 aliphatic heterocycles. The number of carbonyl (C=O) groups excluding carboxylic acids is 2. The molecule has 0 bridgehead atoms. The van der Waals surface area contributed by atoms with Crippen molar-refractivity contribution in [2.45, 2.75) is 45.3 Å². The molecule has 1 fully saturated rings. The molecule has 22 heavy (non-hydrogen) atoms. The molecule has 116 valence electrons. The molecule has 0 N–H and O–H groups in total. The maximum Gasteiger partial charge on any atom is 0.416 e. The largest absolute Gasteiger partial charge is 0.443 e. The van der Waals surface area contributed by atoms with Crippen molar-refractivity contribution in [1.29, 1.82) is 0 Å². The van der Waals surface area contributed by atoms with Crippen LogP contribution in [0, 0.1) is 0 Å². The minimum atomic E-state index is -0.575. The Kier molecular flexibility index (Phi) is 3.35. The fourth-order valence-electron chi connectivity index (χ4n) is 2.24. The van der Waals surface area contributed by atoms with Crippen LogP contribution in [0.15, 0.2) is 18.5 Å². The highest BCUT2D eigenvalue weighted by atomic mass is 16.6. The van der Waals surface area contributed by atoms with E-state index in [1.165, 1.54) is 10.7 Å². The number of anilines is 1. The van der Waals surface area contributed by atoms with Crippen molar-refractivity contribution in [1.82, 2.24) is 14.6 Å². The molecular weight excluding hydrogens is 284 g/mol. The third-order valence-electron chi connectivity index (χ3n) is 3.28. The standard InChI is InChI=1S/C15H18N4O3/c1-15(2,3)22-14(21)18(11-4-5-11)12-6-7-16-13-10(9-20)8-17-19(12)13/h6-9,11H,4-5H2,1-3H3. The lowest BCUT2D eigenvalue weighted by Gasteiger charge is -2.27. The van der Waals surface area contributed by atoms with Crippen LogP contribution in [0.3, 0.4) is 0 Å². The van der Waals surface area contributed by atoms with Gasteiger partial charge in [-0.3, -0.25) is 9.69 Å². The highest BCUT2D eigenvalue weighted by molar-refractivity contribution is 5.90. The third kappa shape index (κ3) is 2.66. The van der Waals surface area contributed by atoms with Crippen molar-refractivity contribution in [3.8, 4) is 0 Å². The fraction of sp³-hybridized carbons (Fsp3) is 0.467. The molecule has 3 rings (SSSR count). The monoisotopic (exact) mass is 302 g/mol. The van der Waals surface area contributed by atoms with Crippen LogP contribution in [0.2, 0.25) is 0 Å². The van der Waals surface area contributed by atoms with Crippen molar-refractivity contribution >= 4 is 23.8 Å². The van der Waals surface area contributed by atoms with Gasteiger partial charge in [0.05, 0.1) is 11.8 Å². The molecule has 0 radical (unpaired) electrons. The minimum Gasteiger partial charge on any atom is -0.443 e. The summed E-state index contributed by atoms with van der Waals surface area (Å²) in [6, 6.07) is 1.81. The molecule has 0 spiro atoms. The summed E-state index contributed by atoms with van der Waals surface area (Å²) in [6.45, 7) is 5.49. The summed E-state index contributed by atoms with van der Waals surface area (Å²) in [5.74, 6) is 0.565. The molecule has 2 aromatic heterocycles. The highest BCUT2D eigenvalue weighted by Gasteiger charge is 2.38. The van der Waals surface area contributed by atoms with E-state index < -0.39 is 11.7 Å². The van der Waals surface area contributed by atoms with Gasteiger partial charge < -0.3 is 4.74 Å². The number of fused-ring (bicyclic) bond motifs is 1. The lowest BCUT2D eigenvalue weighted by atomic mass is 10.2. The van der Waals surface area contributed by atoms with Gasteiger partial charge in [0.15, 0.2) is 11.9 Å². The van der Waals surface area contributed by atoms with Crippen LogP contribution < -0.4 is 4.90 Å². The number of hydrogen-bond acceptors (Lipinski definition) is 5. The first kappa shape index (κ1) is 14.5. The Morgan fingerprint density at radius 1 is 1.45 bits per heavy atom. The quantitative estimate of drug-likeness (QED) is 0.814. The zero-order valence-corrected chi connectivity index (χ0v) is 12.8. The van der Waals surface area contributed by atoms with Crippen molar-refractivity contribution in [2.24, 2.45) is 0 Å². The zero-order valence-electron chi connectivity index (χ0n) is 12.8. The predicted molar refractivity (Wildman–Crippen MR) is 80.1 cm³/mol. The summed E-state index contributed by atoms with van der Waals surface area (Å²) in [7, 11) is 0. The molecule has 2 heterocycles. The molecule has 0 aromatic carbocycles. The molecule has 7 heteroatoms. The van der Waals surface area contributed by atoms with Crippen LogP contribution in [0.1, 0.15) is 44.0 Å². The first-order valence-corrected chi connectivity index (χ1v) is 7.21. The van der Waals surface area contributed by atoms with Crippen LogP contribution in [-0.2, 0) is 4.74 Å². The Morgan fingerprint density at radius 3 is 2.77 bits per heavy atom. The van der Waals surface area contributed by atoms with E-state index in [0.717, 1.165) is 12.8 Å². The van der Waals surface area contributed by atoms with E-state index in [0.29, 0.717) is 23.3 Å². The van der Waals surface area contributed by atoms with Crippen molar-refractivity contribution in [2.75, 3.05) is 4.90 Å². The van der Waals surface area contributed by atoms with Crippen LogP contribution >= 0.6 is 0 Å². The fourth-order valence-corrected chi connectivity index (χ4v) is 2.24. The van der Waals surface area contributed by atoms with Gasteiger partial charge in [-0.05, 0) is 39.7 Å². The van der Waals surface area contributed by atoms with Gasteiger partial charge >= 0.3 is 6.09 Å². The van der Waals surface area contributed by atoms with E-state index in [4.69, 9.17) is 4.74 Å². The van der Waals surface area contributed by atoms with Crippen molar-refractivity contribution in [3.05, 3.63) is 24.0 Å². The molecule has 1 amide bonds. The Balaban J connectivity index is 2.04. The average molecular weight is 302 g/mol. The Hall–Kier alpha value is -2.44. The van der Waals surface area contributed by atoms with Gasteiger partial charge in [-0.25, -0.2) is 9.78 Å². The second-order valence-corrected chi connectivity index (χ2v) is 6.34. The number of nitrogens with zero attached hydrogens (tertiary/aromatic N) is 4. The SMILES string of the molecule is CC(C)(C)OC(=O)N(c1ccnc2c(C=O)cnn12)C1CC1. The second kappa shape index (κ2) is 5.08. The number of rotatable bonds is 3. The second-order valence-electron chi connectivity index (χ2n) is 6.34. The number of aldehydes is 1. The van der Waals surface area contributed by atoms with E-state index >= 15 is 0 Å². The number of amides is 1. The summed E-state index contributed by atoms with van der Waals surface area (Å²) in [4.78, 5) is 29.3. The highest BCUT2D eigenvalue weighted by Crippen LogP contribution is 2.33. The summed E-state index contributed by atoms with van der Waals surface area (Å²) < 4.78 is 7.00. The number of aromatic nitrogens is 3. The van der Waals surface area contributed by atoms with Gasteiger partial charge in [0.2, 0.25) is 0 Å². The van der Waals surface area contributed by atoms with Gasteiger partial charge in [0.1, 0.15) is 11.4 Å². The van der Waals surface area contributed by atoms with E-state index in [1.54, 1.807) is 17.2 Å². The van der Waals surface area contributed by atoms with Gasteiger partial charge in [0, 0.05) is 12.2 Å². The molecule has 1 aliphatic carbocycles. The van der Waals surface area contributed by atoms with E-state index in [2.05, 4.69) is 10.1 Å². The normalized spacial score (nSPS) is 14.9. The summed E-state index contributed by atoms with van der Waals surface area (Å²) in [5.41, 5.74) is 0.248. The van der Waals surface area contributed by atoms with Crippen molar-refractivity contribution in [3.63, 3.8) is 0 Å². The molecule has 7 nitrogen and oxygen atoms in total. The average Bonchev–Trinajstić information content (AvgIpc) is 3.16. The third-order valence-corrected chi connectivity index (χ3v) is 3.28. The molecular formula is C15H18N4O3. The molecule has 0 unspecified atom stereocenters. The smallest absolute Gasteiger partial charge is 0.416 e. The zero-order chi connectivity index (χ0) is 15.9. The molecule has 2 aromatic rings. The van der Waals surface area contributed by atoms with Crippen LogP contribution in [0.25, 0.3) is 5.65 Å². The minimum absolute atomic E-state index is 0.101. The van der Waals surface area contributed by atoms with Gasteiger partial charge in [-0.1, -0.05) is 0 Å². The summed E-state index contributed by atoms with van der Waals surface area (Å²) in [5, 5.41) is 4.17. The topological polar surface area (TPSA) is 76.8 Å². The summed E-state index contributed by atoms with van der Waals surface area (Å²) >= 11 is 0. The number of ether oxygens (including phenoxy) is 1. The lowest BCUT2D eigenvalue weighted by molar-refractivity contribution is 0.0576. The first-order valence-electron chi connectivity index (χ1n) is 7.21. The summed E-state index contributed by atoms with van der Waals surface area (Å²) in [6.07, 6.45) is 5.15. The van der Waals surface area contributed by atoms with Crippen molar-refractivity contribution < 1.29 is 14.3 Å². The first-order chi connectivity index (χ1) is 10.4. The van der Waals surface area contributed by atoms with E-state index in [9.17, 15) is 9.59 Å². The van der Waals surface area contributed by atoms with Gasteiger partial charge in [-0.2, -0.15) is 9.61 Å². The number of hydrogen-bond donors (Lipinski definition) is 0. The predicted octanol–water partition coefficient (Wildman–Crippen LogP) is 2.45. The van der Waals surface area contributed by atoms with Gasteiger partial charge in [0.25, 0.3) is 0 Å². The van der Waals surface area contributed by atoms with E-state index in [-0.39, 0.29) is 6.04 Å². The van der Waals surface area contributed by atoms with Crippen LogP contribution in [0.5, 0.6) is 0 Å². The van der Waals surface area contributed by atoms with Crippen LogP contribution in [0.4, 0.5) is 10.6 Å². The Morgan fingerprint density at radius 2 is 2.18 bits per heavy atom. The van der Waals surface area contributed by atoms with Gasteiger partial charge in [-0.15, -0.1) is 0 Å². The molecule has 1 aliphatic rings. The molecule has 0 atom stereocenters. The van der Waals surface area contributed by atoms with Crippen LogP contribution in [-0.4, -0.2) is 38.6 Å². The van der Waals surface area contributed by atoms with E-state index in [1.807, 2.05) is 20.8 Å². The maximum atomic E-state index is 12.5. The molecule has 0 saturated heterocycles. The Labute approximate surface area is 127 Å². The lowest BCUT2D eigenvalue weighted by Crippen LogP contribution is -2.39.